The highest BCUT2D eigenvalue weighted by Crippen LogP contribution is 2.01. The Morgan fingerprint density at radius 3 is 2.65 bits per heavy atom. The molecule has 0 saturated heterocycles. The molecule has 2 N–H and O–H groups in total. The largest absolute Gasteiger partial charge is 0.351 e. The summed E-state index contributed by atoms with van der Waals surface area (Å²) < 4.78 is 0. The highest BCUT2D eigenvalue weighted by Gasteiger charge is 2.14. The maximum atomic E-state index is 11.5. The molecule has 0 aromatic carbocycles. The molecule has 0 spiro atoms. The van der Waals surface area contributed by atoms with E-state index >= 15 is 0 Å². The molecule has 0 aliphatic rings. The van der Waals surface area contributed by atoms with Gasteiger partial charge in [-0.1, -0.05) is 0 Å². The van der Waals surface area contributed by atoms with Gasteiger partial charge in [-0.3, -0.25) is 9.59 Å². The number of aromatic nitrogens is 1. The Hall–Kier alpha value is -1.43. The molecule has 0 bridgehead atoms. The Balaban J connectivity index is 2.24. The predicted molar refractivity (Wildman–Crippen MR) is 67.0 cm³/mol. The second-order valence-corrected chi connectivity index (χ2v) is 5.40. The lowest BCUT2D eigenvalue weighted by Gasteiger charge is -2.20. The van der Waals surface area contributed by atoms with E-state index in [4.69, 9.17) is 0 Å². The van der Waals surface area contributed by atoms with Crippen LogP contribution in [0, 0.1) is 0 Å². The molecule has 0 atom stereocenters. The number of nitrogens with zero attached hydrogens (tertiary/aromatic N) is 1. The zero-order valence-corrected chi connectivity index (χ0v) is 11.1. The van der Waals surface area contributed by atoms with Gasteiger partial charge in [0.25, 0.3) is 5.91 Å². The third-order valence-corrected chi connectivity index (χ3v) is 2.40. The van der Waals surface area contributed by atoms with Gasteiger partial charge in [0.1, 0.15) is 5.69 Å². The van der Waals surface area contributed by atoms with Gasteiger partial charge in [-0.2, -0.15) is 0 Å². The van der Waals surface area contributed by atoms with Crippen LogP contribution in [0.25, 0.3) is 0 Å². The number of thiazole rings is 1. The fourth-order valence-electron chi connectivity index (χ4n) is 1.19. The molecule has 1 aromatic rings. The number of hydrogen-bond donors (Lipinski definition) is 2. The van der Waals surface area contributed by atoms with Crippen LogP contribution in [-0.2, 0) is 4.79 Å². The molecule has 17 heavy (non-hydrogen) atoms. The quantitative estimate of drug-likeness (QED) is 0.848. The van der Waals surface area contributed by atoms with Crippen LogP contribution < -0.4 is 10.6 Å². The van der Waals surface area contributed by atoms with Crippen molar-refractivity contribution in [3.63, 3.8) is 0 Å². The highest BCUT2D eigenvalue weighted by molar-refractivity contribution is 7.07. The summed E-state index contributed by atoms with van der Waals surface area (Å²) in [6.07, 6.45) is 0.271. The molecule has 0 aliphatic heterocycles. The van der Waals surface area contributed by atoms with Crippen LogP contribution in [0.3, 0.4) is 0 Å². The SMILES string of the molecule is CC(C)(C)NC(=O)CCNC(=O)c1cscn1. The first kappa shape index (κ1) is 13.6. The maximum absolute atomic E-state index is 11.5. The zero-order chi connectivity index (χ0) is 12.9. The summed E-state index contributed by atoms with van der Waals surface area (Å²) in [5.41, 5.74) is 1.75. The second-order valence-electron chi connectivity index (χ2n) is 4.68. The molecule has 0 fully saturated rings. The van der Waals surface area contributed by atoms with Crippen molar-refractivity contribution < 1.29 is 9.59 Å². The molecule has 6 heteroatoms. The second kappa shape index (κ2) is 5.77. The van der Waals surface area contributed by atoms with Crippen molar-refractivity contribution in [2.45, 2.75) is 32.7 Å². The van der Waals surface area contributed by atoms with Crippen molar-refractivity contribution in [1.29, 1.82) is 0 Å². The molecule has 94 valence electrons. The average Bonchev–Trinajstić information content (AvgIpc) is 2.66. The van der Waals surface area contributed by atoms with E-state index in [1.54, 1.807) is 10.9 Å². The van der Waals surface area contributed by atoms with E-state index in [1.165, 1.54) is 11.3 Å². The standard InChI is InChI=1S/C11H17N3O2S/c1-11(2,3)14-9(15)4-5-12-10(16)8-6-17-7-13-8/h6-7H,4-5H2,1-3H3,(H,12,16)(H,14,15). The summed E-state index contributed by atoms with van der Waals surface area (Å²) in [6.45, 7) is 6.06. The van der Waals surface area contributed by atoms with Crippen LogP contribution >= 0.6 is 11.3 Å². The summed E-state index contributed by atoms with van der Waals surface area (Å²) in [5.74, 6) is -0.314. The van der Waals surface area contributed by atoms with Gasteiger partial charge in [0, 0.05) is 23.9 Å². The van der Waals surface area contributed by atoms with Crippen LogP contribution in [0.5, 0.6) is 0 Å². The van der Waals surface area contributed by atoms with Crippen molar-refractivity contribution in [2.24, 2.45) is 0 Å². The predicted octanol–water partition coefficient (Wildman–Crippen LogP) is 1.18. The van der Waals surface area contributed by atoms with Gasteiger partial charge in [-0.05, 0) is 20.8 Å². The first-order valence-electron chi connectivity index (χ1n) is 5.36. The minimum atomic E-state index is -0.241. The van der Waals surface area contributed by atoms with Gasteiger partial charge in [0.15, 0.2) is 0 Å². The minimum Gasteiger partial charge on any atom is -0.351 e. The van der Waals surface area contributed by atoms with Gasteiger partial charge >= 0.3 is 0 Å². The number of carbonyl (C=O) groups is 2. The molecular formula is C11H17N3O2S. The van der Waals surface area contributed by atoms with Crippen LogP contribution in [0.2, 0.25) is 0 Å². The van der Waals surface area contributed by atoms with E-state index in [0.29, 0.717) is 12.2 Å². The number of hydrogen-bond acceptors (Lipinski definition) is 4. The van der Waals surface area contributed by atoms with Gasteiger partial charge in [-0.25, -0.2) is 4.98 Å². The van der Waals surface area contributed by atoms with Crippen LogP contribution in [0.4, 0.5) is 0 Å². The zero-order valence-electron chi connectivity index (χ0n) is 10.2. The normalized spacial score (nSPS) is 11.0. The molecule has 0 aliphatic carbocycles. The molecule has 2 amide bonds. The van der Waals surface area contributed by atoms with Gasteiger partial charge in [0.2, 0.25) is 5.91 Å². The monoisotopic (exact) mass is 255 g/mol. The van der Waals surface area contributed by atoms with E-state index in [-0.39, 0.29) is 23.8 Å². The molecule has 0 saturated carbocycles. The van der Waals surface area contributed by atoms with Crippen molar-refractivity contribution in [3.05, 3.63) is 16.6 Å². The molecular weight excluding hydrogens is 238 g/mol. The van der Waals surface area contributed by atoms with E-state index < -0.39 is 0 Å². The van der Waals surface area contributed by atoms with E-state index in [9.17, 15) is 9.59 Å². The Labute approximate surface area is 105 Å². The number of amides is 2. The minimum absolute atomic E-state index is 0.0731. The highest BCUT2D eigenvalue weighted by atomic mass is 32.1. The summed E-state index contributed by atoms with van der Waals surface area (Å²) in [4.78, 5) is 26.8. The van der Waals surface area contributed by atoms with Crippen LogP contribution in [0.1, 0.15) is 37.7 Å². The third-order valence-electron chi connectivity index (χ3n) is 1.82. The van der Waals surface area contributed by atoms with Crippen LogP contribution in [0.15, 0.2) is 10.9 Å². The van der Waals surface area contributed by atoms with Gasteiger partial charge in [0.05, 0.1) is 5.51 Å². The van der Waals surface area contributed by atoms with Crippen LogP contribution in [-0.4, -0.2) is 28.9 Å². The Bertz CT molecular complexity index is 382. The lowest BCUT2D eigenvalue weighted by molar-refractivity contribution is -0.122. The lowest BCUT2D eigenvalue weighted by atomic mass is 10.1. The first-order chi connectivity index (χ1) is 7.88. The summed E-state index contributed by atoms with van der Waals surface area (Å²) >= 11 is 1.36. The summed E-state index contributed by atoms with van der Waals surface area (Å²) in [6, 6.07) is 0. The molecule has 0 unspecified atom stereocenters. The average molecular weight is 255 g/mol. The molecule has 0 radical (unpaired) electrons. The third kappa shape index (κ3) is 5.44. The lowest BCUT2D eigenvalue weighted by Crippen LogP contribution is -2.42. The van der Waals surface area contributed by atoms with E-state index in [0.717, 1.165) is 0 Å². The number of rotatable bonds is 4. The first-order valence-corrected chi connectivity index (χ1v) is 6.30. The molecule has 5 nitrogen and oxygen atoms in total. The Morgan fingerprint density at radius 1 is 1.41 bits per heavy atom. The summed E-state index contributed by atoms with van der Waals surface area (Å²) in [7, 11) is 0. The van der Waals surface area contributed by atoms with E-state index in [1.807, 2.05) is 20.8 Å². The Kier molecular flexibility index (Phi) is 4.62. The molecule has 1 heterocycles. The molecule has 1 aromatic heterocycles. The van der Waals surface area contributed by atoms with Crippen molar-refractivity contribution in [1.82, 2.24) is 15.6 Å². The molecule has 1 rings (SSSR count). The number of carbonyl (C=O) groups excluding carboxylic acids is 2. The fourth-order valence-corrected chi connectivity index (χ4v) is 1.72. The Morgan fingerprint density at radius 2 is 2.12 bits per heavy atom. The van der Waals surface area contributed by atoms with Gasteiger partial charge in [-0.15, -0.1) is 11.3 Å². The van der Waals surface area contributed by atoms with Crippen molar-refractivity contribution >= 4 is 23.2 Å². The van der Waals surface area contributed by atoms with E-state index in [2.05, 4.69) is 15.6 Å². The topological polar surface area (TPSA) is 71.1 Å². The fraction of sp³-hybridized carbons (Fsp3) is 0.545. The summed E-state index contributed by atoms with van der Waals surface area (Å²) in [5, 5.41) is 7.14. The van der Waals surface area contributed by atoms with Crippen molar-refractivity contribution in [3.8, 4) is 0 Å². The smallest absolute Gasteiger partial charge is 0.270 e. The maximum Gasteiger partial charge on any atom is 0.270 e. The van der Waals surface area contributed by atoms with Crippen molar-refractivity contribution in [2.75, 3.05) is 6.54 Å². The number of nitrogens with one attached hydrogen (secondary N) is 2. The van der Waals surface area contributed by atoms with Gasteiger partial charge < -0.3 is 10.6 Å².